The molecule has 0 saturated carbocycles. The lowest BCUT2D eigenvalue weighted by atomic mass is 9.98. The van der Waals surface area contributed by atoms with Crippen molar-refractivity contribution in [2.75, 3.05) is 6.61 Å². The summed E-state index contributed by atoms with van der Waals surface area (Å²) in [6.45, 7) is 1.03. The molecule has 2 saturated heterocycles. The predicted molar refractivity (Wildman–Crippen MR) is 135 cm³/mol. The van der Waals surface area contributed by atoms with Gasteiger partial charge in [0.05, 0.1) is 32.0 Å². The predicted octanol–water partition coefficient (Wildman–Crippen LogP) is 0.895. The molecule has 2 aliphatic rings. The molecule has 2 aliphatic heterocycles. The molecule has 0 unspecified atom stereocenters. The zero-order valence-electron chi connectivity index (χ0n) is 21.8. The fourth-order valence-corrected chi connectivity index (χ4v) is 4.62. The van der Waals surface area contributed by atoms with Gasteiger partial charge < -0.3 is 44.1 Å². The van der Waals surface area contributed by atoms with E-state index in [0.29, 0.717) is 17.5 Å². The van der Waals surface area contributed by atoms with E-state index in [9.17, 15) is 34.8 Å². The molecule has 0 aromatic heterocycles. The maximum atomic E-state index is 12.8. The molecule has 2 fully saturated rings. The number of hydrogen-bond donors (Lipinski definition) is 4. The number of carbonyl (C=O) groups excluding carboxylic acids is 3. The normalized spacial score (nSPS) is 28.4. The smallest absolute Gasteiger partial charge is 0.310 e. The van der Waals surface area contributed by atoms with Crippen LogP contribution in [0.25, 0.3) is 0 Å². The molecule has 0 amide bonds. The van der Waals surface area contributed by atoms with Crippen molar-refractivity contribution < 1.29 is 58.5 Å². The zero-order valence-corrected chi connectivity index (χ0v) is 21.8. The topological polar surface area (TPSA) is 178 Å². The average molecular weight is 561 g/mol. The zero-order chi connectivity index (χ0) is 28.8. The molecule has 2 aromatic rings. The molecular formula is C28H32O12. The van der Waals surface area contributed by atoms with E-state index in [1.54, 1.807) is 6.92 Å². The van der Waals surface area contributed by atoms with Crippen LogP contribution in [0.1, 0.15) is 30.9 Å². The second-order valence-electron chi connectivity index (χ2n) is 9.81. The van der Waals surface area contributed by atoms with Crippen LogP contribution < -0.4 is 0 Å². The third kappa shape index (κ3) is 7.69. The maximum Gasteiger partial charge on any atom is 0.310 e. The SMILES string of the molecule is C[C@@H]1C[C@@H](O[C@@H]2O[C@H](CO)[C@@H](OC(=O)Cc3ccc(O)cc3)[C@H](O)[C@H]2OC(=O)Cc2ccc(O)cc2)CC(=O)O1. The quantitative estimate of drug-likeness (QED) is 0.252. The van der Waals surface area contributed by atoms with Gasteiger partial charge in [-0.25, -0.2) is 0 Å². The lowest BCUT2D eigenvalue weighted by Crippen LogP contribution is -2.62. The molecule has 7 atom stereocenters. The van der Waals surface area contributed by atoms with Gasteiger partial charge in [-0.05, 0) is 42.3 Å². The number of cyclic esters (lactones) is 1. The van der Waals surface area contributed by atoms with Crippen LogP contribution in [0.2, 0.25) is 0 Å². The van der Waals surface area contributed by atoms with Crippen LogP contribution in [0, 0.1) is 0 Å². The lowest BCUT2D eigenvalue weighted by Gasteiger charge is -2.44. The van der Waals surface area contributed by atoms with Crippen LogP contribution in [0.4, 0.5) is 0 Å². The number of hydrogen-bond acceptors (Lipinski definition) is 12. The second kappa shape index (κ2) is 13.1. The molecule has 12 nitrogen and oxygen atoms in total. The number of ether oxygens (including phenoxy) is 5. The highest BCUT2D eigenvalue weighted by molar-refractivity contribution is 5.74. The molecule has 12 heteroatoms. The highest BCUT2D eigenvalue weighted by Crippen LogP contribution is 2.30. The van der Waals surface area contributed by atoms with Gasteiger partial charge in [0.1, 0.15) is 29.8 Å². The third-order valence-electron chi connectivity index (χ3n) is 6.55. The van der Waals surface area contributed by atoms with Crippen LogP contribution in [0.3, 0.4) is 0 Å². The van der Waals surface area contributed by atoms with Crippen LogP contribution in [-0.2, 0) is 50.9 Å². The van der Waals surface area contributed by atoms with E-state index < -0.39 is 67.4 Å². The fraction of sp³-hybridized carbons (Fsp3) is 0.464. The number of rotatable bonds is 9. The number of carbonyl (C=O) groups is 3. The summed E-state index contributed by atoms with van der Waals surface area (Å²) < 4.78 is 27.9. The van der Waals surface area contributed by atoms with Crippen molar-refractivity contribution in [3.05, 3.63) is 59.7 Å². The number of aliphatic hydroxyl groups excluding tert-OH is 2. The molecule has 0 spiro atoms. The first kappa shape index (κ1) is 29.3. The Kier molecular flexibility index (Phi) is 9.58. The molecule has 0 radical (unpaired) electrons. The Morgan fingerprint density at radius 2 is 1.43 bits per heavy atom. The number of benzene rings is 2. The van der Waals surface area contributed by atoms with Crippen molar-refractivity contribution in [1.29, 1.82) is 0 Å². The minimum Gasteiger partial charge on any atom is -0.508 e. The minimum atomic E-state index is -1.66. The van der Waals surface area contributed by atoms with Crippen molar-refractivity contribution in [1.82, 2.24) is 0 Å². The Hall–Kier alpha value is -3.71. The molecule has 4 rings (SSSR count). The summed E-state index contributed by atoms with van der Waals surface area (Å²) in [4.78, 5) is 37.5. The maximum absolute atomic E-state index is 12.8. The molecular weight excluding hydrogens is 528 g/mol. The van der Waals surface area contributed by atoms with Crippen molar-refractivity contribution in [2.24, 2.45) is 0 Å². The van der Waals surface area contributed by atoms with Crippen molar-refractivity contribution in [3.63, 3.8) is 0 Å². The summed E-state index contributed by atoms with van der Waals surface area (Å²) in [6.07, 6.45) is -8.48. The van der Waals surface area contributed by atoms with Gasteiger partial charge >= 0.3 is 17.9 Å². The van der Waals surface area contributed by atoms with Gasteiger partial charge in [-0.15, -0.1) is 0 Å². The molecule has 2 aromatic carbocycles. The van der Waals surface area contributed by atoms with Crippen LogP contribution in [-0.4, -0.2) is 87.9 Å². The van der Waals surface area contributed by atoms with E-state index in [4.69, 9.17) is 23.7 Å². The molecule has 216 valence electrons. The van der Waals surface area contributed by atoms with Gasteiger partial charge in [-0.1, -0.05) is 24.3 Å². The summed E-state index contributed by atoms with van der Waals surface area (Å²) >= 11 is 0. The van der Waals surface area contributed by atoms with Gasteiger partial charge in [-0.3, -0.25) is 14.4 Å². The molecule has 0 aliphatic carbocycles. The van der Waals surface area contributed by atoms with Gasteiger partial charge in [0.2, 0.25) is 0 Å². The van der Waals surface area contributed by atoms with Gasteiger partial charge in [0.15, 0.2) is 18.5 Å². The summed E-state index contributed by atoms with van der Waals surface area (Å²) in [5.41, 5.74) is 1.06. The highest BCUT2D eigenvalue weighted by atomic mass is 16.7. The average Bonchev–Trinajstić information content (AvgIpc) is 2.90. The first-order valence-corrected chi connectivity index (χ1v) is 12.9. The van der Waals surface area contributed by atoms with E-state index >= 15 is 0 Å². The summed E-state index contributed by atoms with van der Waals surface area (Å²) in [7, 11) is 0. The third-order valence-corrected chi connectivity index (χ3v) is 6.55. The van der Waals surface area contributed by atoms with Gasteiger partial charge in [0.25, 0.3) is 0 Å². The Morgan fingerprint density at radius 1 is 0.900 bits per heavy atom. The van der Waals surface area contributed by atoms with E-state index in [1.165, 1.54) is 48.5 Å². The first-order chi connectivity index (χ1) is 19.1. The van der Waals surface area contributed by atoms with Crippen molar-refractivity contribution in [2.45, 2.75) is 75.5 Å². The summed E-state index contributed by atoms with van der Waals surface area (Å²) in [5, 5.41) is 40.2. The Balaban J connectivity index is 1.51. The monoisotopic (exact) mass is 560 g/mol. The number of phenolic OH excluding ortho intramolecular Hbond substituents is 2. The van der Waals surface area contributed by atoms with Gasteiger partial charge in [0, 0.05) is 6.42 Å². The second-order valence-corrected chi connectivity index (χ2v) is 9.81. The van der Waals surface area contributed by atoms with Crippen molar-refractivity contribution >= 4 is 17.9 Å². The van der Waals surface area contributed by atoms with E-state index in [0.717, 1.165) is 0 Å². The van der Waals surface area contributed by atoms with Crippen molar-refractivity contribution in [3.8, 4) is 11.5 Å². The Labute approximate surface area is 230 Å². The minimum absolute atomic E-state index is 0.0222. The number of aromatic hydroxyl groups is 2. The molecule has 40 heavy (non-hydrogen) atoms. The number of esters is 3. The highest BCUT2D eigenvalue weighted by Gasteiger charge is 2.50. The first-order valence-electron chi connectivity index (χ1n) is 12.9. The van der Waals surface area contributed by atoms with E-state index in [1.807, 2.05) is 0 Å². The summed E-state index contributed by atoms with van der Waals surface area (Å²) in [5.74, 6) is -1.96. The number of aliphatic hydroxyl groups is 2. The lowest BCUT2D eigenvalue weighted by molar-refractivity contribution is -0.318. The Morgan fingerprint density at radius 3 is 1.93 bits per heavy atom. The fourth-order valence-electron chi connectivity index (χ4n) is 4.62. The molecule has 4 N–H and O–H groups in total. The molecule has 2 heterocycles. The summed E-state index contributed by atoms with van der Waals surface area (Å²) in [6, 6.07) is 11.8. The number of phenols is 2. The standard InChI is InChI=1S/C28H32O12/c1-15-10-20(13-24(34)36-15)37-28-27(40-23(33)12-17-4-8-19(31)9-5-17)25(35)26(21(14-29)38-28)39-22(32)11-16-2-6-18(30)7-3-16/h2-9,15,20-21,25-31,35H,10-14H2,1H3/t15-,20-,21-,25+,26-,27-,28-/m1/s1. The van der Waals surface area contributed by atoms with Crippen LogP contribution in [0.15, 0.2) is 48.5 Å². The molecule has 0 bridgehead atoms. The van der Waals surface area contributed by atoms with Gasteiger partial charge in [-0.2, -0.15) is 0 Å². The van der Waals surface area contributed by atoms with Crippen LogP contribution >= 0.6 is 0 Å². The Bertz CT molecular complexity index is 1160. The van der Waals surface area contributed by atoms with E-state index in [2.05, 4.69) is 0 Å². The van der Waals surface area contributed by atoms with E-state index in [-0.39, 0.29) is 30.8 Å². The largest absolute Gasteiger partial charge is 0.508 e. The van der Waals surface area contributed by atoms with Crippen LogP contribution in [0.5, 0.6) is 11.5 Å².